The van der Waals surface area contributed by atoms with Crippen molar-refractivity contribution >= 4 is 22.8 Å². The molecule has 1 unspecified atom stereocenters. The van der Waals surface area contributed by atoms with E-state index in [0.29, 0.717) is 53.5 Å². The molecule has 2 aromatic heterocycles. The lowest BCUT2D eigenvalue weighted by Gasteiger charge is -2.10. The van der Waals surface area contributed by atoms with Gasteiger partial charge in [0.25, 0.3) is 11.8 Å². The molecule has 4 aromatic rings. The van der Waals surface area contributed by atoms with Gasteiger partial charge in [-0.15, -0.1) is 0 Å². The van der Waals surface area contributed by atoms with Gasteiger partial charge in [0.1, 0.15) is 11.1 Å². The van der Waals surface area contributed by atoms with Gasteiger partial charge in [0.2, 0.25) is 6.54 Å². The summed E-state index contributed by atoms with van der Waals surface area (Å²) < 4.78 is 18.3. The maximum Gasteiger partial charge on any atom is 0.262 e. The third kappa shape index (κ3) is 3.87. The number of benzene rings is 2. The lowest BCUT2D eigenvalue weighted by atomic mass is 9.93. The number of carbonyl (C=O) groups excluding carboxylic acids is 2. The number of aromatic nitrogens is 2. The molecule has 1 amide bonds. The number of carbonyl (C=O) groups is 2. The van der Waals surface area contributed by atoms with Gasteiger partial charge < -0.3 is 19.6 Å². The fraction of sp³-hybridized carbons (Fsp3) is 0.231. The number of primary amides is 1. The second kappa shape index (κ2) is 8.62. The zero-order valence-electron chi connectivity index (χ0n) is 18.9. The second-order valence-electron chi connectivity index (χ2n) is 8.33. The Morgan fingerprint density at radius 1 is 1.18 bits per heavy atom. The standard InChI is InChI=1S/C26H23N3O5/c1-32-22-11-16-10-17(25(30)18(16)12-23(22)33-2)9-15-7-8-29(13-19(15)26(27)31)14-24-28-20-5-3-4-6-21(20)34-24/h3-8,11-13,17H,9-10,14H2,1-2H3,(H-,27,31)/p+1. The van der Waals surface area contributed by atoms with E-state index in [0.717, 1.165) is 16.6 Å². The number of nitrogens with two attached hydrogens (primary N) is 1. The Morgan fingerprint density at radius 3 is 2.68 bits per heavy atom. The van der Waals surface area contributed by atoms with Crippen LogP contribution in [0.4, 0.5) is 0 Å². The van der Waals surface area contributed by atoms with Crippen molar-refractivity contribution in [3.63, 3.8) is 0 Å². The van der Waals surface area contributed by atoms with Crippen LogP contribution < -0.4 is 19.8 Å². The molecule has 5 rings (SSSR count). The van der Waals surface area contributed by atoms with Gasteiger partial charge in [-0.2, -0.15) is 4.57 Å². The summed E-state index contributed by atoms with van der Waals surface area (Å²) in [5.74, 6) is 0.819. The Balaban J connectivity index is 1.39. The number of nitrogens with zero attached hydrogens (tertiary/aromatic N) is 2. The molecule has 2 N–H and O–H groups in total. The van der Waals surface area contributed by atoms with Crippen molar-refractivity contribution in [2.45, 2.75) is 19.4 Å². The molecular formula is C26H24N3O5+. The summed E-state index contributed by atoms with van der Waals surface area (Å²) in [6, 6.07) is 12.9. The third-order valence-electron chi connectivity index (χ3n) is 6.21. The number of hydrogen-bond donors (Lipinski definition) is 1. The summed E-state index contributed by atoms with van der Waals surface area (Å²) in [6.45, 7) is 0.350. The van der Waals surface area contributed by atoms with E-state index < -0.39 is 5.91 Å². The largest absolute Gasteiger partial charge is 0.493 e. The highest BCUT2D eigenvalue weighted by atomic mass is 16.5. The van der Waals surface area contributed by atoms with Crippen LogP contribution in [0, 0.1) is 5.92 Å². The summed E-state index contributed by atoms with van der Waals surface area (Å²) in [7, 11) is 3.11. The van der Waals surface area contributed by atoms with Crippen LogP contribution in [-0.4, -0.2) is 30.9 Å². The van der Waals surface area contributed by atoms with Crippen LogP contribution in [-0.2, 0) is 19.4 Å². The van der Waals surface area contributed by atoms with E-state index in [2.05, 4.69) is 4.98 Å². The monoisotopic (exact) mass is 458 g/mol. The number of fused-ring (bicyclic) bond motifs is 2. The topological polar surface area (TPSA) is 109 Å². The average Bonchev–Trinajstić information content (AvgIpc) is 3.38. The minimum atomic E-state index is -0.548. The van der Waals surface area contributed by atoms with Crippen LogP contribution in [0.25, 0.3) is 11.1 Å². The first-order chi connectivity index (χ1) is 16.5. The molecule has 1 atom stereocenters. The van der Waals surface area contributed by atoms with E-state index in [-0.39, 0.29) is 11.7 Å². The van der Waals surface area contributed by atoms with Crippen molar-refractivity contribution in [1.29, 1.82) is 0 Å². The Kier molecular flexibility index (Phi) is 5.49. The van der Waals surface area contributed by atoms with Gasteiger partial charge in [-0.05, 0) is 48.2 Å². The number of Topliss-reactive ketones (excluding diaryl/α,β-unsaturated/α-hetero) is 1. The minimum Gasteiger partial charge on any atom is -0.493 e. The molecule has 0 saturated heterocycles. The molecule has 1 aliphatic rings. The van der Waals surface area contributed by atoms with Gasteiger partial charge in [-0.3, -0.25) is 9.59 Å². The van der Waals surface area contributed by atoms with Crippen LogP contribution in [0.5, 0.6) is 11.5 Å². The molecule has 8 heteroatoms. The van der Waals surface area contributed by atoms with Gasteiger partial charge in [-0.25, -0.2) is 4.98 Å². The minimum absolute atomic E-state index is 0.0228. The SMILES string of the molecule is COc1cc2c(cc1OC)C(=O)C(Cc1cc[n+](Cc3nc4ccccc4o3)cc1C(N)=O)C2. The molecule has 1 aliphatic carbocycles. The van der Waals surface area contributed by atoms with Crippen LogP contribution in [0.15, 0.2) is 59.3 Å². The normalized spacial score (nSPS) is 14.9. The van der Waals surface area contributed by atoms with Crippen molar-refractivity contribution < 1.29 is 28.0 Å². The van der Waals surface area contributed by atoms with Gasteiger partial charge in [0.05, 0.1) is 14.2 Å². The van der Waals surface area contributed by atoms with Crippen molar-refractivity contribution in [2.24, 2.45) is 11.7 Å². The highest BCUT2D eigenvalue weighted by Gasteiger charge is 2.33. The van der Waals surface area contributed by atoms with Gasteiger partial charge in [0, 0.05) is 17.5 Å². The Hall–Kier alpha value is -4.20. The molecule has 0 fully saturated rings. The highest BCUT2D eigenvalue weighted by Crippen LogP contribution is 2.37. The van der Waals surface area contributed by atoms with Crippen molar-refractivity contribution in [2.75, 3.05) is 14.2 Å². The van der Waals surface area contributed by atoms with Crippen LogP contribution in [0.2, 0.25) is 0 Å². The number of ketones is 1. The van der Waals surface area contributed by atoms with Crippen LogP contribution in [0.1, 0.15) is 37.7 Å². The fourth-order valence-corrected chi connectivity index (χ4v) is 4.54. The van der Waals surface area contributed by atoms with E-state index >= 15 is 0 Å². The molecule has 0 aliphatic heterocycles. The fourth-order valence-electron chi connectivity index (χ4n) is 4.54. The molecule has 2 aromatic carbocycles. The quantitative estimate of drug-likeness (QED) is 0.427. The average molecular weight is 458 g/mol. The number of pyridine rings is 1. The van der Waals surface area contributed by atoms with Crippen molar-refractivity contribution in [3.8, 4) is 11.5 Å². The first kappa shape index (κ1) is 21.6. The lowest BCUT2D eigenvalue weighted by Crippen LogP contribution is -2.36. The molecular weight excluding hydrogens is 434 g/mol. The number of oxazole rings is 1. The van der Waals surface area contributed by atoms with Crippen molar-refractivity contribution in [3.05, 3.63) is 83.0 Å². The van der Waals surface area contributed by atoms with Crippen LogP contribution >= 0.6 is 0 Å². The number of rotatable bonds is 7. The smallest absolute Gasteiger partial charge is 0.262 e. The second-order valence-corrected chi connectivity index (χ2v) is 8.33. The van der Waals surface area contributed by atoms with E-state index in [1.165, 1.54) is 0 Å². The Morgan fingerprint density at radius 2 is 1.94 bits per heavy atom. The summed E-state index contributed by atoms with van der Waals surface area (Å²) in [6.07, 6.45) is 4.49. The van der Waals surface area contributed by atoms with E-state index in [9.17, 15) is 9.59 Å². The first-order valence-corrected chi connectivity index (χ1v) is 10.9. The molecule has 0 spiro atoms. The maximum absolute atomic E-state index is 13.1. The highest BCUT2D eigenvalue weighted by molar-refractivity contribution is 6.03. The Labute approximate surface area is 195 Å². The lowest BCUT2D eigenvalue weighted by molar-refractivity contribution is -0.690. The first-order valence-electron chi connectivity index (χ1n) is 10.9. The number of hydrogen-bond acceptors (Lipinski definition) is 6. The number of amides is 1. The van der Waals surface area contributed by atoms with Gasteiger partial charge >= 0.3 is 0 Å². The number of ether oxygens (including phenoxy) is 2. The zero-order valence-corrected chi connectivity index (χ0v) is 18.9. The molecule has 2 heterocycles. The van der Waals surface area contributed by atoms with Crippen LogP contribution in [0.3, 0.4) is 0 Å². The summed E-state index contributed by atoms with van der Waals surface area (Å²) in [4.78, 5) is 29.8. The van der Waals surface area contributed by atoms with Gasteiger partial charge in [-0.1, -0.05) is 12.1 Å². The number of para-hydroxylation sites is 2. The summed E-state index contributed by atoms with van der Waals surface area (Å²) in [5, 5.41) is 0. The third-order valence-corrected chi connectivity index (χ3v) is 6.21. The van der Waals surface area contributed by atoms with E-state index in [4.69, 9.17) is 19.6 Å². The molecule has 34 heavy (non-hydrogen) atoms. The molecule has 0 saturated carbocycles. The molecule has 172 valence electrons. The van der Waals surface area contributed by atoms with E-state index in [1.807, 2.05) is 42.6 Å². The van der Waals surface area contributed by atoms with Gasteiger partial charge in [0.15, 0.2) is 35.3 Å². The zero-order chi connectivity index (χ0) is 23.8. The van der Waals surface area contributed by atoms with Crippen molar-refractivity contribution in [1.82, 2.24) is 4.98 Å². The van der Waals surface area contributed by atoms with E-state index in [1.54, 1.807) is 31.0 Å². The Bertz CT molecular complexity index is 1390. The summed E-state index contributed by atoms with van der Waals surface area (Å²) >= 11 is 0. The summed E-state index contributed by atoms with van der Waals surface area (Å²) in [5.41, 5.74) is 9.82. The number of methoxy groups -OCH3 is 2. The molecule has 0 bridgehead atoms. The molecule has 0 radical (unpaired) electrons. The molecule has 8 nitrogen and oxygen atoms in total. The predicted octanol–water partition coefficient (Wildman–Crippen LogP) is 2.88. The maximum atomic E-state index is 13.1. The predicted molar refractivity (Wildman–Crippen MR) is 123 cm³/mol.